The summed E-state index contributed by atoms with van der Waals surface area (Å²) in [5.41, 5.74) is 1.65. The highest BCUT2D eigenvalue weighted by molar-refractivity contribution is 14.1. The van der Waals surface area contributed by atoms with E-state index in [0.29, 0.717) is 21.1 Å². The maximum Gasteiger partial charge on any atom is 0.416 e. The second kappa shape index (κ2) is 9.32. The zero-order valence-corrected chi connectivity index (χ0v) is 20.9. The number of halogens is 4. The average Bonchev–Trinajstić information content (AvgIpc) is 2.79. The highest BCUT2D eigenvalue weighted by atomic mass is 127. The first-order valence-corrected chi connectivity index (χ1v) is 13.5. The van der Waals surface area contributed by atoms with Crippen molar-refractivity contribution in [3.63, 3.8) is 0 Å². The van der Waals surface area contributed by atoms with Gasteiger partial charge >= 0.3 is 6.18 Å². The number of aromatic nitrogens is 2. The number of piperidine rings is 2. The van der Waals surface area contributed by atoms with E-state index in [1.807, 2.05) is 12.1 Å². The Hall–Kier alpha value is -1.42. The molecular formula is C25H30F3IN4. The molecule has 3 heterocycles. The second-order valence-corrected chi connectivity index (χ2v) is 10.7. The molecular weight excluding hydrogens is 540 g/mol. The Balaban J connectivity index is 1.24. The standard InChI is InChI=1S/C25H30F3IN4/c26-25(27,28)19-5-4-18(17-29)21(16-19)22-6-7-23(31-30-22)33-14-10-24(11-15-33)8-12-32(13-9-24)20-2-1-3-20/h4-7,16,20H,1-3,8-15,17H2. The number of alkyl halides is 4. The van der Waals surface area contributed by atoms with Gasteiger partial charge in [0.15, 0.2) is 5.82 Å². The lowest BCUT2D eigenvalue weighted by Gasteiger charge is -2.50. The monoisotopic (exact) mass is 570 g/mol. The molecule has 0 N–H and O–H groups in total. The predicted molar refractivity (Wildman–Crippen MR) is 133 cm³/mol. The van der Waals surface area contributed by atoms with Crippen LogP contribution in [0, 0.1) is 5.41 Å². The van der Waals surface area contributed by atoms with E-state index >= 15 is 0 Å². The van der Waals surface area contributed by atoms with E-state index in [1.165, 1.54) is 64.1 Å². The lowest BCUT2D eigenvalue weighted by atomic mass is 9.70. The fourth-order valence-corrected chi connectivity index (χ4v) is 6.24. The minimum atomic E-state index is -4.37. The van der Waals surface area contributed by atoms with E-state index in [4.69, 9.17) is 0 Å². The van der Waals surface area contributed by atoms with Gasteiger partial charge in [-0.3, -0.25) is 0 Å². The number of likely N-dealkylation sites (tertiary alicyclic amines) is 1. The molecule has 0 atom stereocenters. The summed E-state index contributed by atoms with van der Waals surface area (Å²) in [5, 5.41) is 8.75. The molecule has 178 valence electrons. The summed E-state index contributed by atoms with van der Waals surface area (Å²) in [4.78, 5) is 4.99. The number of hydrogen-bond acceptors (Lipinski definition) is 4. The van der Waals surface area contributed by atoms with Gasteiger partial charge in [-0.15, -0.1) is 10.2 Å². The van der Waals surface area contributed by atoms with Crippen LogP contribution in [-0.4, -0.2) is 47.3 Å². The molecule has 1 saturated carbocycles. The van der Waals surface area contributed by atoms with Crippen molar-refractivity contribution in [2.75, 3.05) is 31.1 Å². The largest absolute Gasteiger partial charge is 0.416 e. The number of benzene rings is 1. The fourth-order valence-electron chi connectivity index (χ4n) is 5.57. The van der Waals surface area contributed by atoms with Crippen LogP contribution < -0.4 is 4.90 Å². The van der Waals surface area contributed by atoms with Gasteiger partial charge < -0.3 is 9.80 Å². The van der Waals surface area contributed by atoms with Crippen LogP contribution in [0.25, 0.3) is 11.3 Å². The van der Waals surface area contributed by atoms with Crippen LogP contribution in [-0.2, 0) is 10.6 Å². The Morgan fingerprint density at radius 2 is 1.64 bits per heavy atom. The quantitative estimate of drug-likeness (QED) is 0.318. The molecule has 0 bridgehead atoms. The number of hydrogen-bond donors (Lipinski definition) is 0. The summed E-state index contributed by atoms with van der Waals surface area (Å²) in [6, 6.07) is 8.45. The first-order valence-electron chi connectivity index (χ1n) is 12.0. The molecule has 0 unspecified atom stereocenters. The summed E-state index contributed by atoms with van der Waals surface area (Å²) in [6.07, 6.45) is 4.76. The van der Waals surface area contributed by atoms with Gasteiger partial charge in [-0.05, 0) is 86.9 Å². The lowest BCUT2D eigenvalue weighted by Crippen LogP contribution is -2.51. The smallest absolute Gasteiger partial charge is 0.355 e. The average molecular weight is 570 g/mol. The maximum atomic E-state index is 13.2. The summed E-state index contributed by atoms with van der Waals surface area (Å²) in [5.74, 6) is 0.823. The summed E-state index contributed by atoms with van der Waals surface area (Å²) < 4.78 is 40.2. The molecule has 3 fully saturated rings. The van der Waals surface area contributed by atoms with E-state index in [2.05, 4.69) is 42.6 Å². The van der Waals surface area contributed by atoms with E-state index in [1.54, 1.807) is 6.07 Å². The molecule has 3 aliphatic rings. The minimum absolute atomic E-state index is 0.470. The molecule has 2 aliphatic heterocycles. The van der Waals surface area contributed by atoms with Crippen molar-refractivity contribution < 1.29 is 13.2 Å². The van der Waals surface area contributed by atoms with Gasteiger partial charge in [0.2, 0.25) is 0 Å². The van der Waals surface area contributed by atoms with E-state index in [0.717, 1.165) is 36.6 Å². The summed E-state index contributed by atoms with van der Waals surface area (Å²) in [6.45, 7) is 4.44. The van der Waals surface area contributed by atoms with Crippen LogP contribution in [0.5, 0.6) is 0 Å². The van der Waals surface area contributed by atoms with Crippen molar-refractivity contribution in [3.05, 3.63) is 41.5 Å². The fraction of sp³-hybridized carbons (Fsp3) is 0.600. The van der Waals surface area contributed by atoms with E-state index in [9.17, 15) is 13.2 Å². The molecule has 1 spiro atoms. The van der Waals surface area contributed by atoms with Crippen LogP contribution in [0.4, 0.5) is 19.0 Å². The number of anilines is 1. The molecule has 5 rings (SSSR count). The Kier molecular flexibility index (Phi) is 6.59. The van der Waals surface area contributed by atoms with Crippen molar-refractivity contribution in [1.82, 2.24) is 15.1 Å². The van der Waals surface area contributed by atoms with Crippen molar-refractivity contribution in [3.8, 4) is 11.3 Å². The van der Waals surface area contributed by atoms with Crippen molar-refractivity contribution >= 4 is 28.4 Å². The molecule has 4 nitrogen and oxygen atoms in total. The highest BCUT2D eigenvalue weighted by Crippen LogP contribution is 2.43. The van der Waals surface area contributed by atoms with Gasteiger partial charge in [0, 0.05) is 29.1 Å². The van der Waals surface area contributed by atoms with Crippen LogP contribution in [0.3, 0.4) is 0 Å². The molecule has 1 aliphatic carbocycles. The second-order valence-electron chi connectivity index (χ2n) is 9.89. The normalized spacial score (nSPS) is 21.9. The van der Waals surface area contributed by atoms with Crippen LogP contribution in [0.15, 0.2) is 30.3 Å². The minimum Gasteiger partial charge on any atom is -0.355 e. The maximum absolute atomic E-state index is 13.2. The van der Waals surface area contributed by atoms with Crippen molar-refractivity contribution in [2.24, 2.45) is 5.41 Å². The van der Waals surface area contributed by atoms with Gasteiger partial charge in [0.1, 0.15) is 0 Å². The molecule has 1 aromatic heterocycles. The topological polar surface area (TPSA) is 32.3 Å². The van der Waals surface area contributed by atoms with Gasteiger partial charge in [0.25, 0.3) is 0 Å². The first kappa shape index (κ1) is 23.3. The van der Waals surface area contributed by atoms with Crippen molar-refractivity contribution in [2.45, 2.75) is 61.6 Å². The van der Waals surface area contributed by atoms with E-state index in [-0.39, 0.29) is 0 Å². The SMILES string of the molecule is FC(F)(F)c1ccc(CI)c(-c2ccc(N3CCC4(CC3)CCN(C3CCC3)CC4)nn2)c1. The summed E-state index contributed by atoms with van der Waals surface area (Å²) >= 11 is 2.17. The van der Waals surface area contributed by atoms with Crippen molar-refractivity contribution in [1.29, 1.82) is 0 Å². The molecule has 2 aromatic rings. The number of nitrogens with zero attached hydrogens (tertiary/aromatic N) is 4. The Labute approximate surface area is 207 Å². The van der Waals surface area contributed by atoms with Crippen LogP contribution in [0.2, 0.25) is 0 Å². The van der Waals surface area contributed by atoms with Gasteiger partial charge in [-0.25, -0.2) is 0 Å². The van der Waals surface area contributed by atoms with Crippen LogP contribution in [0.1, 0.15) is 56.1 Å². The third kappa shape index (κ3) is 4.88. The Morgan fingerprint density at radius 1 is 0.939 bits per heavy atom. The van der Waals surface area contributed by atoms with Crippen LogP contribution >= 0.6 is 22.6 Å². The molecule has 0 radical (unpaired) electrons. The van der Waals surface area contributed by atoms with Gasteiger partial charge in [-0.1, -0.05) is 35.1 Å². The zero-order chi connectivity index (χ0) is 23.1. The molecule has 8 heteroatoms. The molecule has 2 saturated heterocycles. The predicted octanol–water partition coefficient (Wildman–Crippen LogP) is 6.33. The molecule has 33 heavy (non-hydrogen) atoms. The van der Waals surface area contributed by atoms with Gasteiger partial charge in [0.05, 0.1) is 11.3 Å². The number of rotatable bonds is 4. The molecule has 0 amide bonds. The lowest BCUT2D eigenvalue weighted by molar-refractivity contribution is -0.137. The Bertz CT molecular complexity index is 957. The third-order valence-electron chi connectivity index (χ3n) is 8.11. The third-order valence-corrected chi connectivity index (χ3v) is 8.93. The summed E-state index contributed by atoms with van der Waals surface area (Å²) in [7, 11) is 0. The molecule has 1 aromatic carbocycles. The van der Waals surface area contributed by atoms with E-state index < -0.39 is 11.7 Å². The first-order chi connectivity index (χ1) is 15.9. The highest BCUT2D eigenvalue weighted by Gasteiger charge is 2.40. The Morgan fingerprint density at radius 3 is 2.18 bits per heavy atom. The zero-order valence-electron chi connectivity index (χ0n) is 18.8. The van der Waals surface area contributed by atoms with Gasteiger partial charge in [-0.2, -0.15) is 13.2 Å².